The van der Waals surface area contributed by atoms with Crippen molar-refractivity contribution in [3.8, 4) is 16.9 Å². The first-order valence-electron chi connectivity index (χ1n) is 17.7. The number of hydrogen-bond acceptors (Lipinski definition) is 5. The number of esters is 1. The van der Waals surface area contributed by atoms with Crippen LogP contribution in [0.25, 0.3) is 11.1 Å². The maximum Gasteiger partial charge on any atom is 0.408 e. The zero-order valence-corrected chi connectivity index (χ0v) is 30.6. The van der Waals surface area contributed by atoms with Crippen molar-refractivity contribution in [2.45, 2.75) is 37.5 Å². The molecule has 0 aliphatic heterocycles. The Labute approximate surface area is 325 Å². The van der Waals surface area contributed by atoms with E-state index in [2.05, 4.69) is 10.6 Å². The van der Waals surface area contributed by atoms with Gasteiger partial charge in [-0.05, 0) is 47.2 Å². The minimum atomic E-state index is -2.47. The van der Waals surface area contributed by atoms with Crippen LogP contribution in [-0.2, 0) is 25.5 Å². The first-order chi connectivity index (χ1) is 27.3. The van der Waals surface area contributed by atoms with Gasteiger partial charge in [0, 0.05) is 0 Å². The van der Waals surface area contributed by atoms with Gasteiger partial charge in [-0.15, -0.1) is 0 Å². The number of amides is 2. The van der Waals surface area contributed by atoms with E-state index < -0.39 is 76.4 Å². The molecule has 0 spiro atoms. The average molecular weight is 779 g/mol. The summed E-state index contributed by atoms with van der Waals surface area (Å²) in [7, 11) is 0. The molecule has 0 aromatic heterocycles. The molecule has 290 valence electrons. The summed E-state index contributed by atoms with van der Waals surface area (Å²) in [6, 6.07) is 41.1. The van der Waals surface area contributed by atoms with Crippen molar-refractivity contribution in [1.29, 1.82) is 0 Å². The molecule has 0 bridgehead atoms. The summed E-state index contributed by atoms with van der Waals surface area (Å²) in [5, 5.41) is 5.20. The van der Waals surface area contributed by atoms with Crippen LogP contribution in [0.3, 0.4) is 0 Å². The van der Waals surface area contributed by atoms with Crippen LogP contribution in [0, 0.1) is 29.1 Å². The lowest BCUT2D eigenvalue weighted by Gasteiger charge is -2.37. The van der Waals surface area contributed by atoms with Crippen LogP contribution in [0.4, 0.5) is 26.7 Å². The summed E-state index contributed by atoms with van der Waals surface area (Å²) in [6.07, 6.45) is -2.20. The number of hydrogen-bond donors (Lipinski definition) is 2. The second-order valence-electron chi connectivity index (χ2n) is 13.5. The smallest absolute Gasteiger partial charge is 0.408 e. The molecule has 6 aromatic rings. The normalized spacial score (nSPS) is 12.0. The van der Waals surface area contributed by atoms with Crippen molar-refractivity contribution in [3.63, 3.8) is 0 Å². The first kappa shape index (κ1) is 39.9. The van der Waals surface area contributed by atoms with Gasteiger partial charge < -0.3 is 20.1 Å². The largest absolute Gasteiger partial charge is 0.439 e. The third-order valence-electron chi connectivity index (χ3n) is 9.32. The second-order valence-corrected chi connectivity index (χ2v) is 13.5. The summed E-state index contributed by atoms with van der Waals surface area (Å²) in [5.41, 5.74) is 1.43. The van der Waals surface area contributed by atoms with E-state index in [0.717, 1.165) is 11.1 Å². The Hall–Kier alpha value is -6.82. The molecule has 6 aromatic carbocycles. The summed E-state index contributed by atoms with van der Waals surface area (Å²) >= 11 is 0. The summed E-state index contributed by atoms with van der Waals surface area (Å²) in [4.78, 5) is 41.4. The highest BCUT2D eigenvalue weighted by Crippen LogP contribution is 2.37. The molecular formula is C45H35F5N2O5. The van der Waals surface area contributed by atoms with E-state index in [0.29, 0.717) is 22.3 Å². The molecule has 1 atom stereocenters. The van der Waals surface area contributed by atoms with Gasteiger partial charge in [0.2, 0.25) is 40.7 Å². The highest BCUT2D eigenvalue weighted by molar-refractivity contribution is 5.90. The highest BCUT2D eigenvalue weighted by Gasteiger charge is 2.40. The monoisotopic (exact) mass is 778 g/mol. The van der Waals surface area contributed by atoms with Gasteiger partial charge in [0.15, 0.2) is 0 Å². The number of rotatable bonds is 12. The van der Waals surface area contributed by atoms with E-state index in [4.69, 9.17) is 9.47 Å². The van der Waals surface area contributed by atoms with E-state index in [1.54, 1.807) is 117 Å². The van der Waals surface area contributed by atoms with E-state index >= 15 is 0 Å². The van der Waals surface area contributed by atoms with Crippen molar-refractivity contribution in [2.24, 2.45) is 0 Å². The topological polar surface area (TPSA) is 93.7 Å². The predicted molar refractivity (Wildman–Crippen MR) is 202 cm³/mol. The lowest BCUT2D eigenvalue weighted by Crippen LogP contribution is -2.52. The highest BCUT2D eigenvalue weighted by atomic mass is 19.2. The SMILES string of the molecule is CC(C)(OC(=O)N[C@@H](CC(=O)NC(c1ccccc1)(c1ccccc1)c1ccccc1)C(=O)Oc1c(F)c(F)c(F)c(F)c1F)c1ccc(-c2ccccc2)cc1. The molecule has 2 amide bonds. The molecule has 2 N–H and O–H groups in total. The van der Waals surface area contributed by atoms with Crippen molar-refractivity contribution < 1.29 is 45.8 Å². The zero-order chi connectivity index (χ0) is 40.7. The standard InChI is InChI=1S/C45H35F5N2O5/c1-44(2,30-25-23-29(24-26-30)28-15-7-3-8-16-28)57-43(55)51-34(42(54)56-41-39(49)37(47)36(46)38(48)40(41)50)27-35(53)52-45(31-17-9-4-10-18-31,32-19-11-5-12-20-32)33-21-13-6-14-22-33/h3-26,34H,27H2,1-2H3,(H,51,55)(H,52,53)/t34-/m0/s1. The van der Waals surface area contributed by atoms with Gasteiger partial charge in [-0.3, -0.25) is 4.79 Å². The Balaban J connectivity index is 1.33. The summed E-state index contributed by atoms with van der Waals surface area (Å²) < 4.78 is 81.8. The van der Waals surface area contributed by atoms with Gasteiger partial charge in [0.05, 0.1) is 6.42 Å². The number of carbonyl (C=O) groups excluding carboxylic acids is 3. The number of halogens is 5. The Morgan fingerprint density at radius 1 is 0.544 bits per heavy atom. The van der Waals surface area contributed by atoms with Crippen LogP contribution in [0.2, 0.25) is 0 Å². The van der Waals surface area contributed by atoms with Crippen LogP contribution < -0.4 is 15.4 Å². The van der Waals surface area contributed by atoms with Crippen molar-refractivity contribution >= 4 is 18.0 Å². The minimum Gasteiger partial charge on any atom is -0.439 e. The van der Waals surface area contributed by atoms with E-state index in [1.807, 2.05) is 42.5 Å². The minimum absolute atomic E-state index is 0.536. The van der Waals surface area contributed by atoms with Crippen LogP contribution in [0.5, 0.6) is 5.75 Å². The molecule has 7 nitrogen and oxygen atoms in total. The third kappa shape index (κ3) is 8.55. The fourth-order valence-corrected chi connectivity index (χ4v) is 6.42. The number of carbonyl (C=O) groups is 3. The molecule has 0 aliphatic carbocycles. The molecule has 0 saturated heterocycles. The van der Waals surface area contributed by atoms with Crippen molar-refractivity contribution in [2.75, 3.05) is 0 Å². The molecule has 6 rings (SSSR count). The van der Waals surface area contributed by atoms with Crippen molar-refractivity contribution in [1.82, 2.24) is 10.6 Å². The van der Waals surface area contributed by atoms with E-state index in [-0.39, 0.29) is 0 Å². The van der Waals surface area contributed by atoms with Gasteiger partial charge in [-0.1, -0.05) is 146 Å². The molecule has 0 aliphatic rings. The predicted octanol–water partition coefficient (Wildman–Crippen LogP) is 9.48. The molecular weight excluding hydrogens is 743 g/mol. The molecule has 0 radical (unpaired) electrons. The lowest BCUT2D eigenvalue weighted by molar-refractivity contribution is -0.139. The number of benzene rings is 6. The van der Waals surface area contributed by atoms with E-state index in [9.17, 15) is 36.3 Å². The quantitative estimate of drug-likeness (QED) is 0.0323. The van der Waals surface area contributed by atoms with Gasteiger partial charge >= 0.3 is 12.1 Å². The van der Waals surface area contributed by atoms with E-state index in [1.165, 1.54) is 0 Å². The van der Waals surface area contributed by atoms with Gasteiger partial charge in [-0.2, -0.15) is 8.78 Å². The number of ether oxygens (including phenoxy) is 2. The van der Waals surface area contributed by atoms with Gasteiger partial charge in [-0.25, -0.2) is 22.8 Å². The van der Waals surface area contributed by atoms with Gasteiger partial charge in [0.25, 0.3) is 0 Å². The molecule has 57 heavy (non-hydrogen) atoms. The Kier molecular flexibility index (Phi) is 11.8. The van der Waals surface area contributed by atoms with Gasteiger partial charge in [0.1, 0.15) is 17.2 Å². The summed E-state index contributed by atoms with van der Waals surface area (Å²) in [5.74, 6) is -16.6. The van der Waals surface area contributed by atoms with Crippen LogP contribution in [0.1, 0.15) is 42.5 Å². The Morgan fingerprint density at radius 2 is 0.947 bits per heavy atom. The Morgan fingerprint density at radius 3 is 1.40 bits per heavy atom. The summed E-state index contributed by atoms with van der Waals surface area (Å²) in [6.45, 7) is 3.12. The molecule has 12 heteroatoms. The first-order valence-corrected chi connectivity index (χ1v) is 17.7. The van der Waals surface area contributed by atoms with Crippen LogP contribution >= 0.6 is 0 Å². The third-order valence-corrected chi connectivity index (χ3v) is 9.32. The average Bonchev–Trinajstić information content (AvgIpc) is 3.23. The molecule has 0 fully saturated rings. The zero-order valence-electron chi connectivity index (χ0n) is 30.6. The van der Waals surface area contributed by atoms with Crippen LogP contribution in [-0.4, -0.2) is 24.0 Å². The Bertz CT molecular complexity index is 2240. The van der Waals surface area contributed by atoms with Crippen molar-refractivity contribution in [3.05, 3.63) is 197 Å². The molecule has 0 saturated carbocycles. The molecule has 0 unspecified atom stereocenters. The fourth-order valence-electron chi connectivity index (χ4n) is 6.42. The number of alkyl carbamates (subject to hydrolysis) is 1. The lowest BCUT2D eigenvalue weighted by atomic mass is 9.77. The fraction of sp³-hybridized carbons (Fsp3) is 0.133. The van der Waals surface area contributed by atoms with Crippen LogP contribution in [0.15, 0.2) is 146 Å². The molecule has 0 heterocycles. The maximum absolute atomic E-state index is 14.7. The maximum atomic E-state index is 14.7. The second kappa shape index (κ2) is 16.9. The number of nitrogens with one attached hydrogen (secondary N) is 2.